The van der Waals surface area contributed by atoms with Gasteiger partial charge in [0.1, 0.15) is 4.90 Å². The van der Waals surface area contributed by atoms with Crippen molar-refractivity contribution in [3.05, 3.63) is 22.2 Å². The molecule has 1 saturated heterocycles. The van der Waals surface area contributed by atoms with Crippen molar-refractivity contribution in [3.8, 4) is 0 Å². The van der Waals surface area contributed by atoms with Gasteiger partial charge in [-0.25, -0.2) is 8.42 Å². The molecule has 2 rings (SSSR count). The fourth-order valence-corrected chi connectivity index (χ4v) is 4.69. The second kappa shape index (κ2) is 7.96. The molecule has 7 nitrogen and oxygen atoms in total. The van der Waals surface area contributed by atoms with Crippen molar-refractivity contribution >= 4 is 44.8 Å². The molecule has 1 fully saturated rings. The summed E-state index contributed by atoms with van der Waals surface area (Å²) in [4.78, 5) is 11.4. The Morgan fingerprint density at radius 3 is 2.25 bits per heavy atom. The Morgan fingerprint density at radius 1 is 1.21 bits per heavy atom. The highest BCUT2D eigenvalue weighted by Crippen LogP contribution is 2.38. The number of aliphatic hydroxyl groups is 2. The molecule has 1 aromatic rings. The number of aliphatic hydroxyl groups excluding tert-OH is 1. The predicted molar refractivity (Wildman–Crippen MR) is 95.8 cm³/mol. The minimum atomic E-state index is -5.24. The molecule has 3 N–H and O–H groups in total. The van der Waals surface area contributed by atoms with Crippen LogP contribution in [0.15, 0.2) is 17.0 Å². The third-order valence-corrected chi connectivity index (χ3v) is 7.27. The first-order chi connectivity index (χ1) is 12.7. The second-order valence-corrected chi connectivity index (χ2v) is 9.06. The van der Waals surface area contributed by atoms with Gasteiger partial charge in [0.15, 0.2) is 0 Å². The van der Waals surface area contributed by atoms with Crippen LogP contribution in [0, 0.1) is 0 Å². The smallest absolute Gasteiger partial charge is 0.393 e. The number of alkyl halides is 3. The fourth-order valence-electron chi connectivity index (χ4n) is 2.42. The van der Waals surface area contributed by atoms with Gasteiger partial charge in [-0.15, -0.1) is 0 Å². The molecule has 0 aliphatic carbocycles. The minimum Gasteiger partial charge on any atom is -0.393 e. The first-order valence-electron chi connectivity index (χ1n) is 7.96. The van der Waals surface area contributed by atoms with Crippen LogP contribution in [0.25, 0.3) is 0 Å². The predicted octanol–water partition coefficient (Wildman–Crippen LogP) is 2.39. The molecular weight excluding hydrogens is 448 g/mol. The highest BCUT2D eigenvalue weighted by Gasteiger charge is 2.55. The lowest BCUT2D eigenvalue weighted by molar-refractivity contribution is -0.242. The summed E-state index contributed by atoms with van der Waals surface area (Å²) < 4.78 is 64.8. The SMILES string of the molecule is C[C@@](O)(C(=O)Nc1ccc(S(=O)(=O)N2CCC(O)CC2)c(Cl)c1Cl)C(F)(F)F. The van der Waals surface area contributed by atoms with Gasteiger partial charge in [-0.1, -0.05) is 23.2 Å². The van der Waals surface area contributed by atoms with Crippen molar-refractivity contribution < 1.29 is 36.6 Å². The minimum absolute atomic E-state index is 0.0599. The van der Waals surface area contributed by atoms with Gasteiger partial charge in [-0.3, -0.25) is 4.79 Å². The summed E-state index contributed by atoms with van der Waals surface area (Å²) in [5.74, 6) is -1.81. The van der Waals surface area contributed by atoms with Crippen molar-refractivity contribution in [2.75, 3.05) is 18.4 Å². The van der Waals surface area contributed by atoms with Crippen LogP contribution in [0.1, 0.15) is 19.8 Å². The lowest BCUT2D eigenvalue weighted by atomic mass is 10.1. The van der Waals surface area contributed by atoms with Crippen molar-refractivity contribution in [1.29, 1.82) is 0 Å². The molecular formula is C15H17Cl2F3N2O5S. The van der Waals surface area contributed by atoms with Crippen molar-refractivity contribution in [3.63, 3.8) is 0 Å². The molecule has 0 bridgehead atoms. The van der Waals surface area contributed by atoms with Crippen LogP contribution >= 0.6 is 23.2 Å². The Balaban J connectivity index is 2.32. The van der Waals surface area contributed by atoms with E-state index in [4.69, 9.17) is 23.2 Å². The number of nitrogens with zero attached hydrogens (tertiary/aromatic N) is 1. The summed E-state index contributed by atoms with van der Waals surface area (Å²) in [7, 11) is -4.07. The van der Waals surface area contributed by atoms with Crippen LogP contribution in [0.5, 0.6) is 0 Å². The number of sulfonamides is 1. The average Bonchev–Trinajstić information content (AvgIpc) is 2.58. The normalized spacial score (nSPS) is 19.3. The number of hydrogen-bond acceptors (Lipinski definition) is 5. The van der Waals surface area contributed by atoms with E-state index in [1.807, 2.05) is 0 Å². The largest absolute Gasteiger partial charge is 0.426 e. The van der Waals surface area contributed by atoms with Crippen LogP contribution < -0.4 is 5.32 Å². The summed E-state index contributed by atoms with van der Waals surface area (Å²) in [5.41, 5.74) is -4.09. The lowest BCUT2D eigenvalue weighted by Crippen LogP contribution is -2.52. The molecule has 0 unspecified atom stereocenters. The standard InChI is InChI=1S/C15H17Cl2F3N2O5S/c1-14(25,15(18,19)20)13(24)21-9-2-3-10(12(17)11(9)16)28(26,27)22-6-4-8(23)5-7-22/h2-3,8,23,25H,4-7H2,1H3,(H,21,24)/t14-/m1/s1. The second-order valence-electron chi connectivity index (χ2n) is 6.40. The third-order valence-electron chi connectivity index (χ3n) is 4.33. The third kappa shape index (κ3) is 4.39. The van der Waals surface area contributed by atoms with Crippen LogP contribution in [0.2, 0.25) is 10.0 Å². The highest BCUT2D eigenvalue weighted by molar-refractivity contribution is 7.89. The molecule has 0 spiro atoms. The molecule has 1 aliphatic heterocycles. The maximum absolute atomic E-state index is 12.7. The first kappa shape index (κ1) is 23.2. The van der Waals surface area contributed by atoms with Gasteiger partial charge in [0.2, 0.25) is 15.6 Å². The van der Waals surface area contributed by atoms with Gasteiger partial charge >= 0.3 is 6.18 Å². The molecule has 0 aromatic heterocycles. The number of piperidine rings is 1. The summed E-state index contributed by atoms with van der Waals surface area (Å²) >= 11 is 11.9. The van der Waals surface area contributed by atoms with E-state index in [0.29, 0.717) is 0 Å². The van der Waals surface area contributed by atoms with Crippen molar-refractivity contribution in [1.82, 2.24) is 4.31 Å². The lowest BCUT2D eigenvalue weighted by Gasteiger charge is -2.29. The number of anilines is 1. The number of benzene rings is 1. The number of hydrogen-bond donors (Lipinski definition) is 3. The van der Waals surface area contributed by atoms with Gasteiger partial charge in [0.05, 0.1) is 21.8 Å². The molecule has 1 atom stereocenters. The van der Waals surface area contributed by atoms with Crippen LogP contribution in [-0.2, 0) is 14.8 Å². The zero-order valence-electron chi connectivity index (χ0n) is 14.4. The first-order valence-corrected chi connectivity index (χ1v) is 10.2. The summed E-state index contributed by atoms with van der Waals surface area (Å²) in [6.45, 7) is 0.385. The van der Waals surface area contributed by atoms with Gasteiger partial charge in [0.25, 0.3) is 5.91 Å². The molecule has 1 heterocycles. The zero-order valence-corrected chi connectivity index (χ0v) is 16.8. The maximum Gasteiger partial charge on any atom is 0.426 e. The summed E-state index contributed by atoms with van der Waals surface area (Å²) in [5, 5.41) is 19.7. The van der Waals surface area contributed by atoms with Crippen LogP contribution in [0.3, 0.4) is 0 Å². The Kier molecular flexibility index (Phi) is 6.59. The molecule has 28 heavy (non-hydrogen) atoms. The van der Waals surface area contributed by atoms with E-state index in [2.05, 4.69) is 0 Å². The van der Waals surface area contributed by atoms with Gasteiger partial charge in [-0.05, 0) is 31.9 Å². The number of amides is 1. The molecule has 1 amide bonds. The molecule has 13 heteroatoms. The van der Waals surface area contributed by atoms with E-state index in [0.717, 1.165) is 16.4 Å². The number of halogens is 5. The number of nitrogens with one attached hydrogen (secondary N) is 1. The van der Waals surface area contributed by atoms with E-state index >= 15 is 0 Å². The van der Waals surface area contributed by atoms with Gasteiger partial charge in [0, 0.05) is 13.1 Å². The monoisotopic (exact) mass is 464 g/mol. The maximum atomic E-state index is 12.7. The Morgan fingerprint density at radius 2 is 1.75 bits per heavy atom. The van der Waals surface area contributed by atoms with E-state index < -0.39 is 54.4 Å². The Hall–Kier alpha value is -1.11. The number of carbonyl (C=O) groups is 1. The number of carbonyl (C=O) groups excluding carboxylic acids is 1. The summed E-state index contributed by atoms with van der Waals surface area (Å²) in [6, 6.07) is 1.97. The fraction of sp³-hybridized carbons (Fsp3) is 0.533. The topological polar surface area (TPSA) is 107 Å². The zero-order chi connectivity index (χ0) is 21.5. The Labute approximate surface area is 169 Å². The highest BCUT2D eigenvalue weighted by atomic mass is 35.5. The quantitative estimate of drug-likeness (QED) is 0.633. The average molecular weight is 465 g/mol. The van der Waals surface area contributed by atoms with Crippen LogP contribution in [0.4, 0.5) is 18.9 Å². The Bertz CT molecular complexity index is 869. The van der Waals surface area contributed by atoms with Gasteiger partial charge < -0.3 is 15.5 Å². The van der Waals surface area contributed by atoms with Crippen molar-refractivity contribution in [2.45, 2.75) is 42.5 Å². The molecule has 1 aliphatic rings. The molecule has 0 radical (unpaired) electrons. The van der Waals surface area contributed by atoms with Crippen molar-refractivity contribution in [2.24, 2.45) is 0 Å². The van der Waals surface area contributed by atoms with E-state index in [1.165, 1.54) is 0 Å². The van der Waals surface area contributed by atoms with Gasteiger partial charge in [-0.2, -0.15) is 17.5 Å². The van der Waals surface area contributed by atoms with Crippen LogP contribution in [-0.4, -0.2) is 59.8 Å². The molecule has 0 saturated carbocycles. The van der Waals surface area contributed by atoms with E-state index in [9.17, 15) is 36.6 Å². The number of rotatable bonds is 4. The molecule has 158 valence electrons. The molecule has 1 aromatic carbocycles. The van der Waals surface area contributed by atoms with E-state index in [-0.39, 0.29) is 32.9 Å². The van der Waals surface area contributed by atoms with E-state index in [1.54, 1.807) is 5.32 Å². The summed E-state index contributed by atoms with van der Waals surface area (Å²) in [6.07, 6.45) is -5.36.